The third-order valence-corrected chi connectivity index (χ3v) is 7.69. The van der Waals surface area contributed by atoms with E-state index in [0.29, 0.717) is 34.4 Å². The molecule has 0 saturated heterocycles. The van der Waals surface area contributed by atoms with Crippen molar-refractivity contribution in [2.75, 3.05) is 11.5 Å². The summed E-state index contributed by atoms with van der Waals surface area (Å²) in [6, 6.07) is 42.5. The maximum Gasteiger partial charge on any atom is 0.142 e. The molecule has 44 heavy (non-hydrogen) atoms. The normalized spacial score (nSPS) is 11.1. The molecule has 6 N–H and O–H groups in total. The van der Waals surface area contributed by atoms with Gasteiger partial charge in [-0.2, -0.15) is 0 Å². The molecule has 7 aromatic carbocycles. The van der Waals surface area contributed by atoms with Crippen molar-refractivity contribution in [1.29, 1.82) is 0 Å². The molecule has 0 atom stereocenters. The van der Waals surface area contributed by atoms with Crippen molar-refractivity contribution in [3.8, 4) is 56.8 Å². The lowest BCUT2D eigenvalue weighted by atomic mass is 9.86. The monoisotopic (exact) mass is 576 g/mol. The topological polar surface area (TPSA) is 111 Å². The van der Waals surface area contributed by atoms with Crippen LogP contribution in [0.4, 0.5) is 11.4 Å². The lowest BCUT2D eigenvalue weighted by Crippen LogP contribution is -1.92. The van der Waals surface area contributed by atoms with Crippen LogP contribution in [0.1, 0.15) is 0 Å². The highest BCUT2D eigenvalue weighted by molar-refractivity contribution is 6.21. The Kier molecular flexibility index (Phi) is 6.64. The number of nitrogen functional groups attached to an aromatic ring is 2. The minimum Gasteiger partial charge on any atom is -0.506 e. The van der Waals surface area contributed by atoms with Gasteiger partial charge < -0.3 is 31.2 Å². The predicted molar refractivity (Wildman–Crippen MR) is 178 cm³/mol. The summed E-state index contributed by atoms with van der Waals surface area (Å²) in [5.74, 6) is 2.29. The predicted octanol–water partition coefficient (Wildman–Crippen LogP) is 9.49. The molecule has 214 valence electrons. The zero-order chi connectivity index (χ0) is 30.2. The van der Waals surface area contributed by atoms with Crippen LogP contribution in [0.3, 0.4) is 0 Å². The minimum absolute atomic E-state index is 0.0126. The van der Waals surface area contributed by atoms with E-state index in [0.717, 1.165) is 43.8 Å². The molecule has 0 heterocycles. The highest BCUT2D eigenvalue weighted by Crippen LogP contribution is 2.44. The number of phenolic OH excluding ortho intramolecular Hbond substituents is 2. The lowest BCUT2D eigenvalue weighted by Gasteiger charge is -2.18. The molecule has 0 saturated carbocycles. The number of ether oxygens (including phenoxy) is 2. The standard InChI is InChI=1S/C38H28N2O4/c39-33-19-17-27(21-35(33)41)43-25-13-9-23(10-14-25)37-29-5-1-2-6-30(29)38(32-8-4-3-7-31(32)37)24-11-15-26(16-12-24)44-28-18-20-34(40)36(42)22-28/h1-22,41-42H,39-40H2. The van der Waals surface area contributed by atoms with Gasteiger partial charge in [-0.25, -0.2) is 0 Å². The first-order chi connectivity index (χ1) is 21.4. The largest absolute Gasteiger partial charge is 0.506 e. The third kappa shape index (κ3) is 4.95. The van der Waals surface area contributed by atoms with Gasteiger partial charge in [-0.1, -0.05) is 72.8 Å². The number of rotatable bonds is 6. The molecule has 0 spiro atoms. The number of hydrogen-bond acceptors (Lipinski definition) is 6. The van der Waals surface area contributed by atoms with Gasteiger partial charge in [-0.15, -0.1) is 0 Å². The molecule has 0 aliphatic carbocycles. The Hall–Kier alpha value is -6.14. The molecule has 0 aromatic heterocycles. The van der Waals surface area contributed by atoms with Gasteiger partial charge in [0.25, 0.3) is 0 Å². The van der Waals surface area contributed by atoms with Crippen LogP contribution in [0.25, 0.3) is 43.8 Å². The second-order valence-corrected chi connectivity index (χ2v) is 10.5. The first-order valence-electron chi connectivity index (χ1n) is 14.1. The summed E-state index contributed by atoms with van der Waals surface area (Å²) in [7, 11) is 0. The molecule has 0 bridgehead atoms. The fraction of sp³-hybridized carbons (Fsp3) is 0. The summed E-state index contributed by atoms with van der Waals surface area (Å²) in [5, 5.41) is 24.4. The van der Waals surface area contributed by atoms with E-state index in [1.54, 1.807) is 24.3 Å². The Labute approximate surface area is 254 Å². The number of benzene rings is 7. The fourth-order valence-electron chi connectivity index (χ4n) is 5.58. The zero-order valence-corrected chi connectivity index (χ0v) is 23.6. The molecule has 0 aliphatic rings. The van der Waals surface area contributed by atoms with Gasteiger partial charge >= 0.3 is 0 Å². The molecule has 0 aliphatic heterocycles. The van der Waals surface area contributed by atoms with Gasteiger partial charge in [-0.3, -0.25) is 0 Å². The van der Waals surface area contributed by atoms with E-state index >= 15 is 0 Å². The van der Waals surface area contributed by atoms with Gasteiger partial charge in [0, 0.05) is 12.1 Å². The van der Waals surface area contributed by atoms with Crippen molar-refractivity contribution >= 4 is 32.9 Å². The average molecular weight is 577 g/mol. The van der Waals surface area contributed by atoms with Gasteiger partial charge in [0.2, 0.25) is 0 Å². The molecular formula is C38H28N2O4. The first kappa shape index (κ1) is 26.7. The van der Waals surface area contributed by atoms with Crippen LogP contribution < -0.4 is 20.9 Å². The number of anilines is 2. The van der Waals surface area contributed by atoms with Gasteiger partial charge in [0.15, 0.2) is 0 Å². The van der Waals surface area contributed by atoms with E-state index in [4.69, 9.17) is 20.9 Å². The van der Waals surface area contributed by atoms with Crippen LogP contribution in [-0.4, -0.2) is 10.2 Å². The quantitative estimate of drug-likeness (QED) is 0.0891. The lowest BCUT2D eigenvalue weighted by molar-refractivity contribution is 0.456. The highest BCUT2D eigenvalue weighted by Gasteiger charge is 2.17. The smallest absolute Gasteiger partial charge is 0.142 e. The van der Waals surface area contributed by atoms with Crippen molar-refractivity contribution < 1.29 is 19.7 Å². The summed E-state index contributed by atoms with van der Waals surface area (Å²) in [6.07, 6.45) is 0. The Morgan fingerprint density at radius 1 is 0.386 bits per heavy atom. The number of fused-ring (bicyclic) bond motifs is 2. The second kappa shape index (κ2) is 10.9. The van der Waals surface area contributed by atoms with Crippen molar-refractivity contribution in [3.05, 3.63) is 133 Å². The number of hydrogen-bond donors (Lipinski definition) is 4. The molecule has 7 rings (SSSR count). The van der Waals surface area contributed by atoms with Gasteiger partial charge in [0.05, 0.1) is 11.4 Å². The van der Waals surface area contributed by atoms with Crippen LogP contribution in [0.2, 0.25) is 0 Å². The summed E-state index contributed by atoms with van der Waals surface area (Å²) < 4.78 is 11.9. The summed E-state index contributed by atoms with van der Waals surface area (Å²) in [4.78, 5) is 0. The van der Waals surface area contributed by atoms with Gasteiger partial charge in [-0.05, 0) is 92.3 Å². The minimum atomic E-state index is -0.0126. The average Bonchev–Trinajstić information content (AvgIpc) is 3.04. The maximum absolute atomic E-state index is 9.94. The number of aromatic hydroxyl groups is 2. The second-order valence-electron chi connectivity index (χ2n) is 10.5. The highest BCUT2D eigenvalue weighted by atomic mass is 16.5. The van der Waals surface area contributed by atoms with E-state index in [-0.39, 0.29) is 11.5 Å². The van der Waals surface area contributed by atoms with Crippen molar-refractivity contribution in [2.24, 2.45) is 0 Å². The Bertz CT molecular complexity index is 1950. The Morgan fingerprint density at radius 3 is 1.02 bits per heavy atom. The molecule has 0 unspecified atom stereocenters. The summed E-state index contributed by atoms with van der Waals surface area (Å²) in [6.45, 7) is 0. The maximum atomic E-state index is 9.94. The van der Waals surface area contributed by atoms with E-state index in [9.17, 15) is 10.2 Å². The Balaban J connectivity index is 1.29. The molecule has 0 amide bonds. The van der Waals surface area contributed by atoms with Crippen LogP contribution in [0, 0.1) is 0 Å². The Morgan fingerprint density at radius 2 is 0.705 bits per heavy atom. The molecule has 7 aromatic rings. The fourth-order valence-corrected chi connectivity index (χ4v) is 5.58. The molecule has 0 fully saturated rings. The van der Waals surface area contributed by atoms with Gasteiger partial charge in [0.1, 0.15) is 34.5 Å². The summed E-state index contributed by atoms with van der Waals surface area (Å²) in [5.41, 5.74) is 16.5. The molecule has 6 nitrogen and oxygen atoms in total. The first-order valence-corrected chi connectivity index (χ1v) is 14.1. The SMILES string of the molecule is Nc1ccc(Oc2ccc(-c3c4ccccc4c(-c4ccc(Oc5ccc(N)c(O)c5)cc4)c4ccccc34)cc2)cc1O. The molecular weight excluding hydrogens is 548 g/mol. The van der Waals surface area contributed by atoms with Crippen LogP contribution in [0.5, 0.6) is 34.5 Å². The van der Waals surface area contributed by atoms with Crippen LogP contribution >= 0.6 is 0 Å². The van der Waals surface area contributed by atoms with E-state index in [1.165, 1.54) is 12.1 Å². The molecule has 6 heteroatoms. The molecule has 0 radical (unpaired) electrons. The number of nitrogens with two attached hydrogens (primary N) is 2. The van der Waals surface area contributed by atoms with E-state index in [2.05, 4.69) is 72.8 Å². The van der Waals surface area contributed by atoms with Crippen LogP contribution in [-0.2, 0) is 0 Å². The zero-order valence-electron chi connectivity index (χ0n) is 23.6. The van der Waals surface area contributed by atoms with Crippen LogP contribution in [0.15, 0.2) is 133 Å². The van der Waals surface area contributed by atoms with E-state index < -0.39 is 0 Å². The van der Waals surface area contributed by atoms with Crippen molar-refractivity contribution in [2.45, 2.75) is 0 Å². The van der Waals surface area contributed by atoms with Crippen molar-refractivity contribution in [3.63, 3.8) is 0 Å². The number of phenols is 2. The third-order valence-electron chi connectivity index (χ3n) is 7.69. The van der Waals surface area contributed by atoms with Crippen molar-refractivity contribution in [1.82, 2.24) is 0 Å². The summed E-state index contributed by atoms with van der Waals surface area (Å²) >= 11 is 0. The van der Waals surface area contributed by atoms with E-state index in [1.807, 2.05) is 24.3 Å².